The smallest absolute Gasteiger partial charge is 0.220 e. The molecule has 0 fully saturated rings. The molecule has 0 bridgehead atoms. The minimum absolute atomic E-state index is 0. The highest BCUT2D eigenvalue weighted by Gasteiger charge is 2.26. The Morgan fingerprint density at radius 2 is 1.65 bits per heavy atom. The summed E-state index contributed by atoms with van der Waals surface area (Å²) < 4.78 is 0. The quantitative estimate of drug-likeness (QED) is 0.708. The van der Waals surface area contributed by atoms with Gasteiger partial charge >= 0.3 is 0 Å². The number of nitrogens with one attached hydrogen (secondary N) is 1. The van der Waals surface area contributed by atoms with Gasteiger partial charge < -0.3 is 11.1 Å². The number of halogens is 1. The van der Waals surface area contributed by atoms with Crippen molar-refractivity contribution < 1.29 is 4.79 Å². The largest absolute Gasteiger partial charge is 0.349 e. The summed E-state index contributed by atoms with van der Waals surface area (Å²) in [5, 5.41) is 3.11. The second kappa shape index (κ2) is 9.72. The van der Waals surface area contributed by atoms with E-state index in [0.717, 1.165) is 25.7 Å². The summed E-state index contributed by atoms with van der Waals surface area (Å²) in [4.78, 5) is 11.9. The monoisotopic (exact) mass is 264 g/mol. The summed E-state index contributed by atoms with van der Waals surface area (Å²) in [6.07, 6.45) is 4.56. The molecule has 0 rings (SSSR count). The van der Waals surface area contributed by atoms with Crippen LogP contribution in [-0.4, -0.2) is 18.0 Å². The van der Waals surface area contributed by atoms with Gasteiger partial charge in [-0.2, -0.15) is 0 Å². The number of carbonyl (C=O) groups excluding carboxylic acids is 1. The van der Waals surface area contributed by atoms with E-state index in [2.05, 4.69) is 33.0 Å². The molecule has 3 N–H and O–H groups in total. The molecule has 0 spiro atoms. The molecule has 0 aromatic carbocycles. The lowest BCUT2D eigenvalue weighted by Gasteiger charge is -2.32. The SMILES string of the molecule is CCC(CC)CC(=O)NC(CC)(CC)CN.Cl. The zero-order chi connectivity index (χ0) is 12.6. The zero-order valence-electron chi connectivity index (χ0n) is 11.7. The summed E-state index contributed by atoms with van der Waals surface area (Å²) >= 11 is 0. The van der Waals surface area contributed by atoms with Crippen LogP contribution in [0.5, 0.6) is 0 Å². The van der Waals surface area contributed by atoms with Gasteiger partial charge in [0.2, 0.25) is 5.91 Å². The van der Waals surface area contributed by atoms with Crippen molar-refractivity contribution in [1.29, 1.82) is 0 Å². The molecule has 0 radical (unpaired) electrons. The van der Waals surface area contributed by atoms with Crippen LogP contribution in [0.15, 0.2) is 0 Å². The van der Waals surface area contributed by atoms with Crippen molar-refractivity contribution in [3.63, 3.8) is 0 Å². The Morgan fingerprint density at radius 1 is 1.18 bits per heavy atom. The van der Waals surface area contributed by atoms with E-state index >= 15 is 0 Å². The Hall–Kier alpha value is -0.280. The van der Waals surface area contributed by atoms with Gasteiger partial charge in [0.05, 0.1) is 5.54 Å². The molecule has 0 aromatic heterocycles. The maximum atomic E-state index is 11.9. The average Bonchev–Trinajstić information content (AvgIpc) is 2.33. The summed E-state index contributed by atoms with van der Waals surface area (Å²) in [5.74, 6) is 0.659. The first-order chi connectivity index (χ1) is 7.57. The molecule has 0 heterocycles. The van der Waals surface area contributed by atoms with Gasteiger partial charge in [0, 0.05) is 13.0 Å². The van der Waals surface area contributed by atoms with Gasteiger partial charge in [0.25, 0.3) is 0 Å². The van der Waals surface area contributed by atoms with Gasteiger partial charge in [0.1, 0.15) is 0 Å². The Morgan fingerprint density at radius 3 is 1.94 bits per heavy atom. The van der Waals surface area contributed by atoms with Gasteiger partial charge in [-0.1, -0.05) is 40.5 Å². The van der Waals surface area contributed by atoms with E-state index in [4.69, 9.17) is 5.73 Å². The zero-order valence-corrected chi connectivity index (χ0v) is 12.5. The standard InChI is InChI=1S/C13H28N2O.ClH/c1-5-11(6-2)9-12(16)15-13(7-3,8-4)10-14;/h11H,5-10,14H2,1-4H3,(H,15,16);1H. The van der Waals surface area contributed by atoms with Gasteiger partial charge in [0.15, 0.2) is 0 Å². The van der Waals surface area contributed by atoms with Crippen molar-refractivity contribution in [3.05, 3.63) is 0 Å². The molecule has 0 saturated carbocycles. The molecule has 0 atom stereocenters. The Labute approximate surface area is 112 Å². The summed E-state index contributed by atoms with van der Waals surface area (Å²) in [7, 11) is 0. The van der Waals surface area contributed by atoms with Gasteiger partial charge in [-0.25, -0.2) is 0 Å². The number of carbonyl (C=O) groups is 1. The van der Waals surface area contributed by atoms with Gasteiger partial charge in [-0.3, -0.25) is 4.79 Å². The van der Waals surface area contributed by atoms with Crippen LogP contribution in [0, 0.1) is 5.92 Å². The van der Waals surface area contributed by atoms with E-state index in [1.54, 1.807) is 0 Å². The first kappa shape index (κ1) is 19.1. The molecule has 0 aliphatic rings. The van der Waals surface area contributed by atoms with Crippen molar-refractivity contribution in [3.8, 4) is 0 Å². The predicted molar refractivity (Wildman–Crippen MR) is 76.4 cm³/mol. The summed E-state index contributed by atoms with van der Waals surface area (Å²) in [6, 6.07) is 0. The first-order valence-electron chi connectivity index (χ1n) is 6.58. The maximum Gasteiger partial charge on any atom is 0.220 e. The van der Waals surface area contributed by atoms with Crippen molar-refractivity contribution in [1.82, 2.24) is 5.32 Å². The number of hydrogen-bond donors (Lipinski definition) is 2. The van der Waals surface area contributed by atoms with Crippen molar-refractivity contribution in [2.45, 2.75) is 65.3 Å². The number of amides is 1. The average molecular weight is 265 g/mol. The molecule has 0 aromatic rings. The third kappa shape index (κ3) is 6.27. The highest BCUT2D eigenvalue weighted by atomic mass is 35.5. The highest BCUT2D eigenvalue weighted by Crippen LogP contribution is 2.16. The Kier molecular flexibility index (Phi) is 10.9. The van der Waals surface area contributed by atoms with Crippen LogP contribution in [0.3, 0.4) is 0 Å². The number of rotatable bonds is 8. The van der Waals surface area contributed by atoms with Gasteiger partial charge in [-0.05, 0) is 18.8 Å². The number of hydrogen-bond acceptors (Lipinski definition) is 2. The third-order valence-corrected chi connectivity index (χ3v) is 3.78. The molecule has 0 saturated heterocycles. The Balaban J connectivity index is 0. The van der Waals surface area contributed by atoms with Gasteiger partial charge in [-0.15, -0.1) is 12.4 Å². The molecule has 17 heavy (non-hydrogen) atoms. The van der Waals surface area contributed by atoms with E-state index in [0.29, 0.717) is 18.9 Å². The van der Waals surface area contributed by atoms with E-state index < -0.39 is 0 Å². The van der Waals surface area contributed by atoms with E-state index in [1.807, 2.05) is 0 Å². The fourth-order valence-corrected chi connectivity index (χ4v) is 1.95. The Bertz CT molecular complexity index is 193. The van der Waals surface area contributed by atoms with E-state index in [9.17, 15) is 4.79 Å². The topological polar surface area (TPSA) is 55.1 Å². The molecule has 0 aliphatic carbocycles. The number of nitrogens with two attached hydrogens (primary N) is 1. The lowest BCUT2D eigenvalue weighted by Crippen LogP contribution is -2.53. The van der Waals surface area contributed by atoms with Crippen LogP contribution in [0.2, 0.25) is 0 Å². The lowest BCUT2D eigenvalue weighted by molar-refractivity contribution is -0.124. The molecule has 3 nitrogen and oxygen atoms in total. The molecule has 1 amide bonds. The van der Waals surface area contributed by atoms with Crippen LogP contribution < -0.4 is 11.1 Å². The maximum absolute atomic E-state index is 11.9. The lowest BCUT2D eigenvalue weighted by atomic mass is 9.91. The summed E-state index contributed by atoms with van der Waals surface area (Å²) in [6.45, 7) is 8.95. The van der Waals surface area contributed by atoms with Crippen molar-refractivity contribution >= 4 is 18.3 Å². The van der Waals surface area contributed by atoms with Crippen LogP contribution in [0.25, 0.3) is 0 Å². The molecule has 0 aliphatic heterocycles. The van der Waals surface area contributed by atoms with Crippen molar-refractivity contribution in [2.24, 2.45) is 11.7 Å². The van der Waals surface area contributed by atoms with E-state index in [-0.39, 0.29) is 23.9 Å². The molecular weight excluding hydrogens is 236 g/mol. The minimum atomic E-state index is -0.191. The van der Waals surface area contributed by atoms with Crippen LogP contribution in [0.4, 0.5) is 0 Å². The normalized spacial score (nSPS) is 11.2. The molecule has 0 unspecified atom stereocenters. The van der Waals surface area contributed by atoms with Crippen LogP contribution >= 0.6 is 12.4 Å². The first-order valence-corrected chi connectivity index (χ1v) is 6.58. The fourth-order valence-electron chi connectivity index (χ4n) is 1.95. The predicted octanol–water partition coefficient (Wildman–Crippen LogP) is 2.87. The third-order valence-electron chi connectivity index (χ3n) is 3.78. The highest BCUT2D eigenvalue weighted by molar-refractivity contribution is 5.85. The molecule has 104 valence electrons. The molecule has 4 heteroatoms. The fraction of sp³-hybridized carbons (Fsp3) is 0.923. The van der Waals surface area contributed by atoms with Crippen LogP contribution in [-0.2, 0) is 4.79 Å². The van der Waals surface area contributed by atoms with Crippen molar-refractivity contribution in [2.75, 3.05) is 6.54 Å². The second-order valence-electron chi connectivity index (χ2n) is 4.63. The van der Waals surface area contributed by atoms with E-state index in [1.165, 1.54) is 0 Å². The minimum Gasteiger partial charge on any atom is -0.349 e. The van der Waals surface area contributed by atoms with Crippen LogP contribution in [0.1, 0.15) is 59.8 Å². The molecular formula is C13H29ClN2O. The second-order valence-corrected chi connectivity index (χ2v) is 4.63. The summed E-state index contributed by atoms with van der Waals surface area (Å²) in [5.41, 5.74) is 5.57.